The van der Waals surface area contributed by atoms with E-state index >= 15 is 0 Å². The average molecular weight is 249 g/mol. The number of likely N-dealkylation sites (N-methyl/N-ethyl adjacent to an activating group) is 1. The van der Waals surface area contributed by atoms with Crippen LogP contribution in [0.5, 0.6) is 0 Å². The predicted octanol–water partition coefficient (Wildman–Crippen LogP) is 1.86. The van der Waals surface area contributed by atoms with Crippen LogP contribution < -0.4 is 0 Å². The Morgan fingerprint density at radius 3 is 2.67 bits per heavy atom. The van der Waals surface area contributed by atoms with Gasteiger partial charge in [0.15, 0.2) is 0 Å². The monoisotopic (exact) mass is 249 g/mol. The van der Waals surface area contributed by atoms with Crippen molar-refractivity contribution in [3.05, 3.63) is 35.4 Å². The van der Waals surface area contributed by atoms with E-state index in [4.69, 9.17) is 5.11 Å². The highest BCUT2D eigenvalue weighted by molar-refractivity contribution is 5.78. The summed E-state index contributed by atoms with van der Waals surface area (Å²) in [5.74, 6) is -0.805. The number of amides is 1. The smallest absolute Gasteiger partial charge is 0.303 e. The van der Waals surface area contributed by atoms with Crippen LogP contribution in [-0.4, -0.2) is 35.5 Å². The Labute approximate surface area is 107 Å². The maximum atomic E-state index is 11.9. The molecule has 18 heavy (non-hydrogen) atoms. The Morgan fingerprint density at radius 2 is 2.06 bits per heavy atom. The Kier molecular flexibility index (Phi) is 5.36. The second-order valence-electron chi connectivity index (χ2n) is 4.48. The Balaban J connectivity index is 2.42. The number of rotatable bonds is 6. The van der Waals surface area contributed by atoms with Crippen LogP contribution in [0, 0.1) is 6.92 Å². The second-order valence-corrected chi connectivity index (χ2v) is 4.48. The zero-order valence-electron chi connectivity index (χ0n) is 10.8. The van der Waals surface area contributed by atoms with Crippen LogP contribution in [0.1, 0.15) is 24.0 Å². The lowest BCUT2D eigenvalue weighted by atomic mass is 10.1. The summed E-state index contributed by atoms with van der Waals surface area (Å²) in [5, 5.41) is 8.53. The number of hydrogen-bond acceptors (Lipinski definition) is 2. The standard InChI is InChI=1S/C14H19NO3/c1-11-5-3-6-12(9-11)10-13(16)15(2)8-4-7-14(17)18/h3,5-6,9H,4,7-8,10H2,1-2H3,(H,17,18). The number of carboxylic acids is 1. The van der Waals surface area contributed by atoms with Crippen LogP contribution >= 0.6 is 0 Å². The van der Waals surface area contributed by atoms with Gasteiger partial charge in [0.05, 0.1) is 6.42 Å². The van der Waals surface area contributed by atoms with Gasteiger partial charge >= 0.3 is 5.97 Å². The molecule has 0 aliphatic rings. The molecule has 0 heterocycles. The zero-order chi connectivity index (χ0) is 13.5. The second kappa shape index (κ2) is 6.79. The van der Waals surface area contributed by atoms with Crippen molar-refractivity contribution in [3.8, 4) is 0 Å². The van der Waals surface area contributed by atoms with Gasteiger partial charge in [-0.1, -0.05) is 29.8 Å². The van der Waals surface area contributed by atoms with Crippen molar-refractivity contribution in [1.29, 1.82) is 0 Å². The molecule has 1 amide bonds. The highest BCUT2D eigenvalue weighted by Gasteiger charge is 2.10. The normalized spacial score (nSPS) is 10.1. The lowest BCUT2D eigenvalue weighted by Crippen LogP contribution is -2.29. The van der Waals surface area contributed by atoms with Gasteiger partial charge in [-0.25, -0.2) is 0 Å². The third-order valence-electron chi connectivity index (χ3n) is 2.75. The van der Waals surface area contributed by atoms with Crippen molar-refractivity contribution in [2.75, 3.05) is 13.6 Å². The number of carbonyl (C=O) groups is 2. The predicted molar refractivity (Wildman–Crippen MR) is 69.4 cm³/mol. The van der Waals surface area contributed by atoms with Crippen molar-refractivity contribution >= 4 is 11.9 Å². The van der Waals surface area contributed by atoms with Crippen LogP contribution in [0.3, 0.4) is 0 Å². The number of nitrogens with zero attached hydrogens (tertiary/aromatic N) is 1. The van der Waals surface area contributed by atoms with Gasteiger partial charge in [-0.05, 0) is 18.9 Å². The largest absolute Gasteiger partial charge is 0.481 e. The first-order valence-electron chi connectivity index (χ1n) is 6.00. The van der Waals surface area contributed by atoms with E-state index in [0.717, 1.165) is 11.1 Å². The molecule has 1 aromatic rings. The lowest BCUT2D eigenvalue weighted by Gasteiger charge is -2.16. The summed E-state index contributed by atoms with van der Waals surface area (Å²) >= 11 is 0. The zero-order valence-corrected chi connectivity index (χ0v) is 10.8. The van der Waals surface area contributed by atoms with Crippen LogP contribution in [0.2, 0.25) is 0 Å². The molecule has 0 aliphatic carbocycles. The minimum Gasteiger partial charge on any atom is -0.481 e. The summed E-state index contributed by atoms with van der Waals surface area (Å²) in [4.78, 5) is 23.8. The van der Waals surface area contributed by atoms with Crippen LogP contribution in [0.4, 0.5) is 0 Å². The SMILES string of the molecule is Cc1cccc(CC(=O)N(C)CCCC(=O)O)c1. The topological polar surface area (TPSA) is 57.6 Å². The molecule has 0 unspecified atom stereocenters. The molecule has 0 bridgehead atoms. The van der Waals surface area contributed by atoms with Crippen molar-refractivity contribution in [3.63, 3.8) is 0 Å². The Hall–Kier alpha value is -1.84. The minimum absolute atomic E-state index is 0.0194. The number of aliphatic carboxylic acids is 1. The molecule has 0 aliphatic heterocycles. The molecule has 1 N–H and O–H groups in total. The van der Waals surface area contributed by atoms with E-state index in [0.29, 0.717) is 19.4 Å². The molecule has 98 valence electrons. The molecule has 0 saturated carbocycles. The van der Waals surface area contributed by atoms with Gasteiger partial charge < -0.3 is 10.0 Å². The summed E-state index contributed by atoms with van der Waals surface area (Å²) in [6.07, 6.45) is 0.957. The molecule has 0 spiro atoms. The quantitative estimate of drug-likeness (QED) is 0.837. The van der Waals surface area contributed by atoms with Gasteiger partial charge in [-0.2, -0.15) is 0 Å². The van der Waals surface area contributed by atoms with E-state index in [-0.39, 0.29) is 12.3 Å². The molecule has 0 atom stereocenters. The third-order valence-corrected chi connectivity index (χ3v) is 2.75. The van der Waals surface area contributed by atoms with Crippen molar-refractivity contribution < 1.29 is 14.7 Å². The van der Waals surface area contributed by atoms with E-state index in [1.54, 1.807) is 11.9 Å². The van der Waals surface area contributed by atoms with Crippen LogP contribution in [0.25, 0.3) is 0 Å². The molecule has 1 rings (SSSR count). The van der Waals surface area contributed by atoms with Gasteiger partial charge in [0, 0.05) is 20.0 Å². The highest BCUT2D eigenvalue weighted by atomic mass is 16.4. The maximum Gasteiger partial charge on any atom is 0.303 e. The van der Waals surface area contributed by atoms with Crippen LogP contribution in [0.15, 0.2) is 24.3 Å². The Morgan fingerprint density at radius 1 is 1.33 bits per heavy atom. The van der Waals surface area contributed by atoms with E-state index in [1.807, 2.05) is 31.2 Å². The molecule has 0 fully saturated rings. The van der Waals surface area contributed by atoms with Crippen LogP contribution in [-0.2, 0) is 16.0 Å². The molecule has 4 heteroatoms. The van der Waals surface area contributed by atoms with Crippen molar-refractivity contribution in [1.82, 2.24) is 4.90 Å². The van der Waals surface area contributed by atoms with Gasteiger partial charge in [0.25, 0.3) is 0 Å². The van der Waals surface area contributed by atoms with Crippen molar-refractivity contribution in [2.45, 2.75) is 26.2 Å². The summed E-state index contributed by atoms with van der Waals surface area (Å²) in [7, 11) is 1.71. The Bertz CT molecular complexity index is 429. The van der Waals surface area contributed by atoms with Gasteiger partial charge in [-0.15, -0.1) is 0 Å². The van der Waals surface area contributed by atoms with E-state index in [1.165, 1.54) is 0 Å². The fraction of sp³-hybridized carbons (Fsp3) is 0.429. The molecule has 1 aromatic carbocycles. The summed E-state index contributed by atoms with van der Waals surface area (Å²) in [6, 6.07) is 7.84. The average Bonchev–Trinajstić information content (AvgIpc) is 2.28. The summed E-state index contributed by atoms with van der Waals surface area (Å²) < 4.78 is 0. The summed E-state index contributed by atoms with van der Waals surface area (Å²) in [6.45, 7) is 2.47. The van der Waals surface area contributed by atoms with Gasteiger partial charge in [0.2, 0.25) is 5.91 Å². The highest BCUT2D eigenvalue weighted by Crippen LogP contribution is 2.06. The number of aryl methyl sites for hydroxylation is 1. The number of benzene rings is 1. The number of carboxylic acid groups (broad SMARTS) is 1. The van der Waals surface area contributed by atoms with E-state index < -0.39 is 5.97 Å². The molecular weight excluding hydrogens is 230 g/mol. The summed E-state index contributed by atoms with van der Waals surface area (Å²) in [5.41, 5.74) is 2.12. The van der Waals surface area contributed by atoms with Gasteiger partial charge in [-0.3, -0.25) is 9.59 Å². The number of hydrogen-bond donors (Lipinski definition) is 1. The first-order valence-corrected chi connectivity index (χ1v) is 6.00. The lowest BCUT2D eigenvalue weighted by molar-refractivity contribution is -0.138. The molecular formula is C14H19NO3. The number of carbonyl (C=O) groups excluding carboxylic acids is 1. The van der Waals surface area contributed by atoms with Crippen molar-refractivity contribution in [2.24, 2.45) is 0 Å². The molecule has 0 aromatic heterocycles. The van der Waals surface area contributed by atoms with Gasteiger partial charge in [0.1, 0.15) is 0 Å². The molecule has 0 saturated heterocycles. The fourth-order valence-corrected chi connectivity index (χ4v) is 1.72. The molecule has 4 nitrogen and oxygen atoms in total. The third kappa shape index (κ3) is 4.99. The first-order chi connectivity index (χ1) is 8.49. The minimum atomic E-state index is -0.825. The van der Waals surface area contributed by atoms with E-state index in [2.05, 4.69) is 0 Å². The molecule has 0 radical (unpaired) electrons. The first kappa shape index (κ1) is 14.2. The van der Waals surface area contributed by atoms with E-state index in [9.17, 15) is 9.59 Å². The maximum absolute atomic E-state index is 11.9. The fourth-order valence-electron chi connectivity index (χ4n) is 1.72.